The molecular formula is C19H26N2O2. The standard InChI is InChI=1S/C19H26N2O2/c1-14-8-12-21(13-9-14)18(23)19(10-11-19)17(22)20-15(2)16-6-4-3-5-7-16/h3-7,14-15H,8-13H2,1-2H3,(H,20,22). The summed E-state index contributed by atoms with van der Waals surface area (Å²) in [5.41, 5.74) is 0.278. The molecule has 2 aliphatic rings. The first-order chi connectivity index (χ1) is 11.0. The number of carbonyl (C=O) groups excluding carboxylic acids is 2. The fraction of sp³-hybridized carbons (Fsp3) is 0.579. The van der Waals surface area contributed by atoms with E-state index in [0.29, 0.717) is 18.8 Å². The second kappa shape index (κ2) is 6.34. The molecule has 1 aliphatic heterocycles. The first-order valence-electron chi connectivity index (χ1n) is 8.68. The van der Waals surface area contributed by atoms with Crippen LogP contribution in [0.5, 0.6) is 0 Å². The number of amides is 2. The van der Waals surface area contributed by atoms with E-state index in [9.17, 15) is 9.59 Å². The second-order valence-electron chi connectivity index (χ2n) is 7.16. The minimum Gasteiger partial charge on any atom is -0.349 e. The van der Waals surface area contributed by atoms with E-state index in [2.05, 4.69) is 12.2 Å². The lowest BCUT2D eigenvalue weighted by Gasteiger charge is -2.33. The average Bonchev–Trinajstić information content (AvgIpc) is 3.37. The summed E-state index contributed by atoms with van der Waals surface area (Å²) in [5.74, 6) is 0.626. The van der Waals surface area contributed by atoms with Gasteiger partial charge < -0.3 is 10.2 Å². The molecule has 1 saturated carbocycles. The molecule has 124 valence electrons. The lowest BCUT2D eigenvalue weighted by Crippen LogP contribution is -2.48. The Labute approximate surface area is 138 Å². The Morgan fingerprint density at radius 3 is 2.35 bits per heavy atom. The van der Waals surface area contributed by atoms with Crippen LogP contribution in [0, 0.1) is 11.3 Å². The summed E-state index contributed by atoms with van der Waals surface area (Å²) < 4.78 is 0. The molecule has 1 atom stereocenters. The lowest BCUT2D eigenvalue weighted by molar-refractivity contribution is -0.145. The number of carbonyl (C=O) groups is 2. The van der Waals surface area contributed by atoms with Gasteiger partial charge in [0.2, 0.25) is 11.8 Å². The van der Waals surface area contributed by atoms with Crippen molar-refractivity contribution in [2.24, 2.45) is 11.3 Å². The molecule has 4 heteroatoms. The number of hydrogen-bond acceptors (Lipinski definition) is 2. The van der Waals surface area contributed by atoms with Crippen molar-refractivity contribution in [2.45, 2.75) is 45.6 Å². The Hall–Kier alpha value is -1.84. The topological polar surface area (TPSA) is 49.4 Å². The fourth-order valence-corrected chi connectivity index (χ4v) is 3.34. The summed E-state index contributed by atoms with van der Waals surface area (Å²) >= 11 is 0. The molecule has 0 bridgehead atoms. The zero-order valence-electron chi connectivity index (χ0n) is 14.0. The molecule has 1 unspecified atom stereocenters. The van der Waals surface area contributed by atoms with Gasteiger partial charge in [-0.15, -0.1) is 0 Å². The van der Waals surface area contributed by atoms with Crippen molar-refractivity contribution in [1.82, 2.24) is 10.2 Å². The Morgan fingerprint density at radius 1 is 1.17 bits per heavy atom. The number of benzene rings is 1. The number of nitrogens with zero attached hydrogens (tertiary/aromatic N) is 1. The third-order valence-corrected chi connectivity index (χ3v) is 5.31. The molecule has 0 aromatic heterocycles. The summed E-state index contributed by atoms with van der Waals surface area (Å²) in [6.45, 7) is 5.78. The van der Waals surface area contributed by atoms with E-state index < -0.39 is 5.41 Å². The number of hydrogen-bond donors (Lipinski definition) is 1. The van der Waals surface area contributed by atoms with Crippen molar-refractivity contribution in [2.75, 3.05) is 13.1 Å². The largest absolute Gasteiger partial charge is 0.349 e. The van der Waals surface area contributed by atoms with E-state index in [4.69, 9.17) is 0 Å². The highest BCUT2D eigenvalue weighted by Gasteiger charge is 2.58. The van der Waals surface area contributed by atoms with Crippen LogP contribution in [0.15, 0.2) is 30.3 Å². The summed E-state index contributed by atoms with van der Waals surface area (Å²) in [6.07, 6.45) is 3.46. The van der Waals surface area contributed by atoms with Gasteiger partial charge in [-0.2, -0.15) is 0 Å². The first kappa shape index (κ1) is 16.0. The molecule has 1 aromatic rings. The summed E-state index contributed by atoms with van der Waals surface area (Å²) in [7, 11) is 0. The van der Waals surface area contributed by atoms with Gasteiger partial charge in [0.05, 0.1) is 6.04 Å². The van der Waals surface area contributed by atoms with Crippen molar-refractivity contribution in [3.8, 4) is 0 Å². The van der Waals surface area contributed by atoms with E-state index >= 15 is 0 Å². The Morgan fingerprint density at radius 2 is 1.78 bits per heavy atom. The van der Waals surface area contributed by atoms with Crippen molar-refractivity contribution in [1.29, 1.82) is 0 Å². The van der Waals surface area contributed by atoms with Gasteiger partial charge in [0.1, 0.15) is 5.41 Å². The molecule has 1 aromatic carbocycles. The minimum absolute atomic E-state index is 0.0437. The Balaban J connectivity index is 1.63. The monoisotopic (exact) mass is 314 g/mol. The second-order valence-corrected chi connectivity index (χ2v) is 7.16. The van der Waals surface area contributed by atoms with Crippen molar-refractivity contribution in [3.05, 3.63) is 35.9 Å². The maximum atomic E-state index is 12.8. The minimum atomic E-state index is -0.788. The molecule has 3 rings (SSSR count). The van der Waals surface area contributed by atoms with E-state index in [1.807, 2.05) is 42.2 Å². The maximum absolute atomic E-state index is 12.8. The highest BCUT2D eigenvalue weighted by molar-refractivity contribution is 6.08. The van der Waals surface area contributed by atoms with Crippen molar-refractivity contribution >= 4 is 11.8 Å². The highest BCUT2D eigenvalue weighted by Crippen LogP contribution is 2.48. The quantitative estimate of drug-likeness (QED) is 0.869. The summed E-state index contributed by atoms with van der Waals surface area (Å²) in [4.78, 5) is 27.4. The molecule has 23 heavy (non-hydrogen) atoms. The van der Waals surface area contributed by atoms with Gasteiger partial charge >= 0.3 is 0 Å². The molecule has 0 spiro atoms. The van der Waals surface area contributed by atoms with Crippen LogP contribution in [0.2, 0.25) is 0 Å². The number of nitrogens with one attached hydrogen (secondary N) is 1. The predicted octanol–water partition coefficient (Wildman–Crippen LogP) is 2.90. The number of piperidine rings is 1. The molecule has 1 aliphatic carbocycles. The van der Waals surface area contributed by atoms with Crippen LogP contribution >= 0.6 is 0 Å². The number of rotatable bonds is 4. The molecule has 1 heterocycles. The Kier molecular flexibility index (Phi) is 4.42. The van der Waals surface area contributed by atoms with Gasteiger partial charge in [-0.3, -0.25) is 9.59 Å². The van der Waals surface area contributed by atoms with Crippen molar-refractivity contribution in [3.63, 3.8) is 0 Å². The zero-order valence-corrected chi connectivity index (χ0v) is 14.0. The Bertz CT molecular complexity index is 572. The van der Waals surface area contributed by atoms with Gasteiger partial charge in [0.15, 0.2) is 0 Å². The van der Waals surface area contributed by atoms with Crippen molar-refractivity contribution < 1.29 is 9.59 Å². The normalized spacial score (nSPS) is 21.6. The zero-order chi connectivity index (χ0) is 16.4. The van der Waals surface area contributed by atoms with Gasteiger partial charge in [0, 0.05) is 13.1 Å². The molecule has 1 N–H and O–H groups in total. The van der Waals surface area contributed by atoms with Crippen LogP contribution in [-0.2, 0) is 9.59 Å². The summed E-state index contributed by atoms with van der Waals surface area (Å²) in [5, 5.41) is 3.04. The SMILES string of the molecule is CC1CCN(C(=O)C2(C(=O)NC(C)c3ccccc3)CC2)CC1. The third-order valence-electron chi connectivity index (χ3n) is 5.31. The molecular weight excluding hydrogens is 288 g/mol. The molecule has 2 amide bonds. The van der Waals surface area contributed by atoms with Crippen LogP contribution in [0.25, 0.3) is 0 Å². The van der Waals surface area contributed by atoms with Gasteiger partial charge in [0.25, 0.3) is 0 Å². The van der Waals surface area contributed by atoms with Crippen LogP contribution in [0.3, 0.4) is 0 Å². The molecule has 2 fully saturated rings. The molecule has 4 nitrogen and oxygen atoms in total. The van der Waals surface area contributed by atoms with Crippen LogP contribution < -0.4 is 5.32 Å². The molecule has 0 radical (unpaired) electrons. The first-order valence-corrected chi connectivity index (χ1v) is 8.68. The predicted molar refractivity (Wildman–Crippen MR) is 89.6 cm³/mol. The van der Waals surface area contributed by atoms with E-state index in [1.165, 1.54) is 0 Å². The average molecular weight is 314 g/mol. The molecule has 1 saturated heterocycles. The number of likely N-dealkylation sites (tertiary alicyclic amines) is 1. The van der Waals surface area contributed by atoms with Crippen LogP contribution in [0.4, 0.5) is 0 Å². The van der Waals surface area contributed by atoms with Gasteiger partial charge in [-0.25, -0.2) is 0 Å². The lowest BCUT2D eigenvalue weighted by atomic mass is 9.96. The summed E-state index contributed by atoms with van der Waals surface area (Å²) in [6, 6.07) is 9.81. The van der Waals surface area contributed by atoms with Crippen LogP contribution in [0.1, 0.15) is 51.1 Å². The fourth-order valence-electron chi connectivity index (χ4n) is 3.34. The van der Waals surface area contributed by atoms with E-state index in [0.717, 1.165) is 31.5 Å². The highest BCUT2D eigenvalue weighted by atomic mass is 16.2. The van der Waals surface area contributed by atoms with E-state index in [1.54, 1.807) is 0 Å². The van der Waals surface area contributed by atoms with Gasteiger partial charge in [-0.05, 0) is 44.1 Å². The van der Waals surface area contributed by atoms with Gasteiger partial charge in [-0.1, -0.05) is 37.3 Å². The maximum Gasteiger partial charge on any atom is 0.238 e. The van der Waals surface area contributed by atoms with Crippen LogP contribution in [-0.4, -0.2) is 29.8 Å². The van der Waals surface area contributed by atoms with E-state index in [-0.39, 0.29) is 17.9 Å². The smallest absolute Gasteiger partial charge is 0.238 e. The third kappa shape index (κ3) is 3.26.